The zero-order valence-electron chi connectivity index (χ0n) is 11.5. The maximum absolute atomic E-state index is 6.11. The Bertz CT molecular complexity index is 238. The summed E-state index contributed by atoms with van der Waals surface area (Å²) in [5.41, 5.74) is 0.236. The maximum atomic E-state index is 6.11. The Morgan fingerprint density at radius 1 is 1.47 bits per heavy atom. The van der Waals surface area contributed by atoms with E-state index in [2.05, 4.69) is 38.0 Å². The minimum atomic E-state index is 0.236. The summed E-state index contributed by atoms with van der Waals surface area (Å²) >= 11 is 2.07. The van der Waals surface area contributed by atoms with Crippen molar-refractivity contribution in [2.45, 2.75) is 51.2 Å². The highest BCUT2D eigenvalue weighted by Gasteiger charge is 2.42. The Kier molecular flexibility index (Phi) is 4.79. The molecule has 0 aromatic rings. The molecule has 17 heavy (non-hydrogen) atoms. The Morgan fingerprint density at radius 3 is 2.88 bits per heavy atom. The summed E-state index contributed by atoms with van der Waals surface area (Å²) in [6, 6.07) is 0.682. The van der Waals surface area contributed by atoms with Gasteiger partial charge in [-0.1, -0.05) is 13.8 Å². The van der Waals surface area contributed by atoms with Crippen LogP contribution >= 0.6 is 11.8 Å². The molecule has 0 aliphatic carbocycles. The van der Waals surface area contributed by atoms with Crippen molar-refractivity contribution in [2.24, 2.45) is 11.8 Å². The molecule has 3 atom stereocenters. The monoisotopic (exact) mass is 257 g/mol. The van der Waals surface area contributed by atoms with Crippen LogP contribution in [0.4, 0.5) is 0 Å². The summed E-state index contributed by atoms with van der Waals surface area (Å²) in [5, 5.41) is 3.55. The first-order valence-corrected chi connectivity index (χ1v) is 8.20. The second kappa shape index (κ2) is 5.94. The standard InChI is InChI=1S/C14H27NOS/c1-11(2)8-13(15-3)12-4-6-16-14(9-12)5-7-17-10-14/h11-13,15H,4-10H2,1-3H3. The van der Waals surface area contributed by atoms with E-state index in [-0.39, 0.29) is 5.60 Å². The molecule has 2 fully saturated rings. The summed E-state index contributed by atoms with van der Waals surface area (Å²) in [6.45, 7) is 5.62. The van der Waals surface area contributed by atoms with Crippen molar-refractivity contribution in [2.75, 3.05) is 25.2 Å². The average molecular weight is 257 g/mol. The van der Waals surface area contributed by atoms with E-state index in [0.717, 1.165) is 18.4 Å². The Morgan fingerprint density at radius 2 is 2.29 bits per heavy atom. The summed E-state index contributed by atoms with van der Waals surface area (Å²) in [6.07, 6.45) is 5.08. The average Bonchev–Trinajstić information content (AvgIpc) is 2.74. The number of ether oxygens (including phenoxy) is 1. The molecule has 2 aliphatic rings. The van der Waals surface area contributed by atoms with Gasteiger partial charge in [-0.15, -0.1) is 0 Å². The fourth-order valence-electron chi connectivity index (χ4n) is 3.33. The predicted molar refractivity (Wildman–Crippen MR) is 75.7 cm³/mol. The Labute approximate surface area is 110 Å². The maximum Gasteiger partial charge on any atom is 0.0783 e. The summed E-state index contributed by atoms with van der Waals surface area (Å²) in [7, 11) is 2.12. The van der Waals surface area contributed by atoms with Crippen LogP contribution < -0.4 is 5.32 Å². The predicted octanol–water partition coefficient (Wildman–Crippen LogP) is 2.92. The van der Waals surface area contributed by atoms with E-state index in [9.17, 15) is 0 Å². The van der Waals surface area contributed by atoms with Crippen LogP contribution in [-0.2, 0) is 4.74 Å². The zero-order chi connectivity index (χ0) is 12.3. The smallest absolute Gasteiger partial charge is 0.0783 e. The van der Waals surface area contributed by atoms with Crippen molar-refractivity contribution in [1.82, 2.24) is 5.32 Å². The van der Waals surface area contributed by atoms with Gasteiger partial charge in [0.2, 0.25) is 0 Å². The van der Waals surface area contributed by atoms with Crippen LogP contribution in [0.3, 0.4) is 0 Å². The molecule has 2 nitrogen and oxygen atoms in total. The Balaban J connectivity index is 1.95. The fourth-order valence-corrected chi connectivity index (χ4v) is 4.70. The first-order chi connectivity index (χ1) is 8.15. The van der Waals surface area contributed by atoms with Crippen LogP contribution in [0.5, 0.6) is 0 Å². The molecule has 0 amide bonds. The lowest BCUT2D eigenvalue weighted by atomic mass is 9.79. The summed E-state index contributed by atoms with van der Waals surface area (Å²) < 4.78 is 6.11. The highest BCUT2D eigenvalue weighted by Crippen LogP contribution is 2.41. The van der Waals surface area contributed by atoms with Crippen LogP contribution in [0.1, 0.15) is 39.5 Å². The highest BCUT2D eigenvalue weighted by atomic mass is 32.2. The van der Waals surface area contributed by atoms with Crippen LogP contribution in [0.2, 0.25) is 0 Å². The minimum Gasteiger partial charge on any atom is -0.374 e. The van der Waals surface area contributed by atoms with Gasteiger partial charge in [0.25, 0.3) is 0 Å². The van der Waals surface area contributed by atoms with E-state index in [0.29, 0.717) is 6.04 Å². The van der Waals surface area contributed by atoms with Crippen LogP contribution in [0.15, 0.2) is 0 Å². The molecule has 1 N–H and O–H groups in total. The fraction of sp³-hybridized carbons (Fsp3) is 1.00. The van der Waals surface area contributed by atoms with Gasteiger partial charge in [0.05, 0.1) is 5.60 Å². The van der Waals surface area contributed by atoms with Crippen LogP contribution in [0, 0.1) is 11.8 Å². The summed E-state index contributed by atoms with van der Waals surface area (Å²) in [4.78, 5) is 0. The molecule has 0 saturated carbocycles. The first-order valence-electron chi connectivity index (χ1n) is 7.04. The van der Waals surface area contributed by atoms with Gasteiger partial charge in [-0.2, -0.15) is 11.8 Å². The van der Waals surface area contributed by atoms with Crippen LogP contribution in [-0.4, -0.2) is 36.8 Å². The van der Waals surface area contributed by atoms with Gasteiger partial charge in [-0.3, -0.25) is 0 Å². The van der Waals surface area contributed by atoms with Crippen molar-refractivity contribution in [3.63, 3.8) is 0 Å². The topological polar surface area (TPSA) is 21.3 Å². The molecular formula is C14H27NOS. The SMILES string of the molecule is CNC(CC(C)C)C1CCOC2(CCSC2)C1. The zero-order valence-corrected chi connectivity index (χ0v) is 12.3. The van der Waals surface area contributed by atoms with Gasteiger partial charge in [0.1, 0.15) is 0 Å². The van der Waals surface area contributed by atoms with E-state index in [1.165, 1.54) is 37.2 Å². The van der Waals surface area contributed by atoms with Gasteiger partial charge in [-0.05, 0) is 50.3 Å². The summed E-state index contributed by atoms with van der Waals surface area (Å²) in [5.74, 6) is 4.11. The van der Waals surface area contributed by atoms with Gasteiger partial charge >= 0.3 is 0 Å². The normalized spacial score (nSPS) is 35.6. The number of hydrogen-bond donors (Lipinski definition) is 1. The third kappa shape index (κ3) is 3.39. The Hall–Kier alpha value is 0.270. The largest absolute Gasteiger partial charge is 0.374 e. The molecule has 100 valence electrons. The molecule has 0 radical (unpaired) electrons. The van der Waals surface area contributed by atoms with Crippen LogP contribution in [0.25, 0.3) is 0 Å². The molecule has 0 bridgehead atoms. The number of nitrogens with one attached hydrogen (secondary N) is 1. The molecule has 1 spiro atoms. The van der Waals surface area contributed by atoms with Gasteiger partial charge < -0.3 is 10.1 Å². The molecule has 0 aromatic heterocycles. The number of thioether (sulfide) groups is 1. The second-order valence-corrected chi connectivity index (χ2v) is 7.22. The van der Waals surface area contributed by atoms with Gasteiger partial charge in [-0.25, -0.2) is 0 Å². The lowest BCUT2D eigenvalue weighted by molar-refractivity contribution is -0.0856. The lowest BCUT2D eigenvalue weighted by Crippen LogP contribution is -2.46. The molecular weight excluding hydrogens is 230 g/mol. The van der Waals surface area contributed by atoms with Gasteiger partial charge in [0, 0.05) is 18.4 Å². The molecule has 2 rings (SSSR count). The molecule has 2 saturated heterocycles. The van der Waals surface area contributed by atoms with E-state index >= 15 is 0 Å². The second-order valence-electron chi connectivity index (χ2n) is 6.11. The molecule has 0 aromatic carbocycles. The third-order valence-electron chi connectivity index (χ3n) is 4.26. The highest BCUT2D eigenvalue weighted by molar-refractivity contribution is 7.99. The third-order valence-corrected chi connectivity index (χ3v) is 5.49. The van der Waals surface area contributed by atoms with E-state index in [4.69, 9.17) is 4.74 Å². The van der Waals surface area contributed by atoms with Crippen molar-refractivity contribution < 1.29 is 4.74 Å². The lowest BCUT2D eigenvalue weighted by Gasteiger charge is -2.41. The van der Waals surface area contributed by atoms with E-state index in [1.54, 1.807) is 0 Å². The molecule has 2 aliphatic heterocycles. The van der Waals surface area contributed by atoms with E-state index in [1.807, 2.05) is 0 Å². The van der Waals surface area contributed by atoms with Crippen molar-refractivity contribution in [1.29, 1.82) is 0 Å². The van der Waals surface area contributed by atoms with Crippen molar-refractivity contribution in [3.8, 4) is 0 Å². The molecule has 3 heteroatoms. The van der Waals surface area contributed by atoms with Crippen molar-refractivity contribution in [3.05, 3.63) is 0 Å². The number of rotatable bonds is 4. The number of hydrogen-bond acceptors (Lipinski definition) is 3. The molecule has 2 heterocycles. The molecule has 3 unspecified atom stereocenters. The van der Waals surface area contributed by atoms with E-state index < -0.39 is 0 Å². The van der Waals surface area contributed by atoms with Crippen molar-refractivity contribution >= 4 is 11.8 Å². The minimum absolute atomic E-state index is 0.236. The quantitative estimate of drug-likeness (QED) is 0.837. The first kappa shape index (κ1) is 13.7. The van der Waals surface area contributed by atoms with Gasteiger partial charge in [0.15, 0.2) is 0 Å².